The van der Waals surface area contributed by atoms with E-state index >= 15 is 0 Å². The van der Waals surface area contributed by atoms with Crippen molar-refractivity contribution in [2.75, 3.05) is 0 Å². The Hall–Kier alpha value is -1.62. The van der Waals surface area contributed by atoms with Crippen molar-refractivity contribution in [1.29, 1.82) is 0 Å². The Morgan fingerprint density at radius 3 is 3.20 bits per heavy atom. The van der Waals surface area contributed by atoms with Gasteiger partial charge in [0.1, 0.15) is 5.69 Å². The summed E-state index contributed by atoms with van der Waals surface area (Å²) < 4.78 is 0. The molecule has 0 amide bonds. The molecule has 2 N–H and O–H groups in total. The quantitative estimate of drug-likeness (QED) is 0.659. The first-order chi connectivity index (χ1) is 7.18. The molecule has 0 aliphatic heterocycles. The van der Waals surface area contributed by atoms with Crippen molar-refractivity contribution in [2.24, 2.45) is 0 Å². The predicted molar refractivity (Wildman–Crippen MR) is 56.4 cm³/mol. The van der Waals surface area contributed by atoms with Crippen LogP contribution in [0.5, 0.6) is 0 Å². The summed E-state index contributed by atoms with van der Waals surface area (Å²) in [7, 11) is 0. The zero-order chi connectivity index (χ0) is 10.6. The number of rotatable bonds is 1. The van der Waals surface area contributed by atoms with Crippen LogP contribution in [0.2, 0.25) is 0 Å². The molecule has 3 rings (SSSR count). The van der Waals surface area contributed by atoms with Crippen LogP contribution in [0.15, 0.2) is 5.51 Å². The predicted octanol–water partition coefficient (Wildman–Crippen LogP) is 2.05. The second kappa shape index (κ2) is 2.70. The van der Waals surface area contributed by atoms with E-state index in [2.05, 4.69) is 9.97 Å². The lowest BCUT2D eigenvalue weighted by Gasteiger charge is -1.94. The summed E-state index contributed by atoms with van der Waals surface area (Å²) in [6, 6.07) is 0. The first kappa shape index (κ1) is 8.67. The van der Waals surface area contributed by atoms with Crippen LogP contribution in [0.25, 0.3) is 11.3 Å². The smallest absolute Gasteiger partial charge is 0.352 e. The van der Waals surface area contributed by atoms with Crippen LogP contribution < -0.4 is 0 Å². The van der Waals surface area contributed by atoms with Gasteiger partial charge in [-0.15, -0.1) is 11.3 Å². The van der Waals surface area contributed by atoms with E-state index in [9.17, 15) is 4.79 Å². The van der Waals surface area contributed by atoms with Crippen LogP contribution in [0.1, 0.15) is 26.6 Å². The van der Waals surface area contributed by atoms with Crippen molar-refractivity contribution in [1.82, 2.24) is 9.97 Å². The van der Waals surface area contributed by atoms with E-state index in [1.54, 1.807) is 16.8 Å². The number of nitrogens with one attached hydrogen (secondary N) is 1. The van der Waals surface area contributed by atoms with E-state index in [4.69, 9.17) is 5.11 Å². The molecule has 0 fully saturated rings. The lowest BCUT2D eigenvalue weighted by atomic mass is 10.1. The number of fused-ring (bicyclic) bond motifs is 3. The molecule has 0 aromatic carbocycles. The topological polar surface area (TPSA) is 66.0 Å². The standard InChI is InChI=1S/C10H8N2O2S/c1-4-7-5(12-8(4)10(13)14)2-6-9(7)11-3-15-6/h3,12H,2H2,1H3,(H,13,14). The van der Waals surface area contributed by atoms with Gasteiger partial charge in [0, 0.05) is 22.6 Å². The van der Waals surface area contributed by atoms with Crippen LogP contribution >= 0.6 is 11.3 Å². The van der Waals surface area contributed by atoms with Gasteiger partial charge in [-0.1, -0.05) is 0 Å². The number of nitrogens with zero attached hydrogens (tertiary/aromatic N) is 1. The molecule has 1 aliphatic rings. The summed E-state index contributed by atoms with van der Waals surface area (Å²) >= 11 is 1.62. The average molecular weight is 220 g/mol. The summed E-state index contributed by atoms with van der Waals surface area (Å²) in [5, 5.41) is 8.97. The van der Waals surface area contributed by atoms with Gasteiger partial charge >= 0.3 is 5.97 Å². The van der Waals surface area contributed by atoms with Crippen molar-refractivity contribution < 1.29 is 9.90 Å². The Kier molecular flexibility index (Phi) is 1.56. The van der Waals surface area contributed by atoms with Crippen LogP contribution in [0, 0.1) is 6.92 Å². The molecule has 15 heavy (non-hydrogen) atoms. The van der Waals surface area contributed by atoms with Crippen molar-refractivity contribution in [3.05, 3.63) is 27.3 Å². The lowest BCUT2D eigenvalue weighted by molar-refractivity contribution is 0.0690. The molecular formula is C10H8N2O2S. The highest BCUT2D eigenvalue weighted by atomic mass is 32.1. The second-order valence-corrected chi connectivity index (χ2v) is 4.52. The van der Waals surface area contributed by atoms with Crippen LogP contribution in [-0.2, 0) is 6.42 Å². The van der Waals surface area contributed by atoms with E-state index in [-0.39, 0.29) is 0 Å². The van der Waals surface area contributed by atoms with Gasteiger partial charge in [-0.3, -0.25) is 0 Å². The lowest BCUT2D eigenvalue weighted by Crippen LogP contribution is -1.99. The van der Waals surface area contributed by atoms with Gasteiger partial charge < -0.3 is 10.1 Å². The Balaban J connectivity index is 2.28. The van der Waals surface area contributed by atoms with Crippen molar-refractivity contribution in [2.45, 2.75) is 13.3 Å². The largest absolute Gasteiger partial charge is 0.477 e. The van der Waals surface area contributed by atoms with Crippen LogP contribution in [0.3, 0.4) is 0 Å². The summed E-state index contributed by atoms with van der Waals surface area (Å²) in [6.07, 6.45) is 0.781. The number of hydrogen-bond donors (Lipinski definition) is 2. The average Bonchev–Trinajstić information content (AvgIpc) is 2.76. The zero-order valence-corrected chi connectivity index (χ0v) is 8.81. The molecular weight excluding hydrogens is 212 g/mol. The maximum Gasteiger partial charge on any atom is 0.352 e. The molecule has 0 saturated carbocycles. The summed E-state index contributed by atoms with van der Waals surface area (Å²) in [5.74, 6) is -0.904. The molecule has 4 nitrogen and oxygen atoms in total. The highest BCUT2D eigenvalue weighted by molar-refractivity contribution is 7.10. The molecule has 2 aromatic heterocycles. The first-order valence-electron chi connectivity index (χ1n) is 4.56. The fourth-order valence-electron chi connectivity index (χ4n) is 2.09. The Morgan fingerprint density at radius 2 is 2.47 bits per heavy atom. The highest BCUT2D eigenvalue weighted by Crippen LogP contribution is 2.40. The highest BCUT2D eigenvalue weighted by Gasteiger charge is 2.28. The van der Waals surface area contributed by atoms with Gasteiger partial charge in [0.2, 0.25) is 0 Å². The van der Waals surface area contributed by atoms with Gasteiger partial charge in [0.05, 0.1) is 11.2 Å². The Morgan fingerprint density at radius 1 is 1.67 bits per heavy atom. The fourth-order valence-corrected chi connectivity index (χ4v) is 2.87. The van der Waals surface area contributed by atoms with Crippen LogP contribution in [0.4, 0.5) is 0 Å². The van der Waals surface area contributed by atoms with E-state index < -0.39 is 5.97 Å². The van der Waals surface area contributed by atoms with Crippen molar-refractivity contribution >= 4 is 17.3 Å². The number of hydrogen-bond acceptors (Lipinski definition) is 3. The second-order valence-electron chi connectivity index (χ2n) is 3.58. The number of aromatic amines is 1. The van der Waals surface area contributed by atoms with Crippen LogP contribution in [-0.4, -0.2) is 21.0 Å². The number of H-pyrrole nitrogens is 1. The minimum absolute atomic E-state index is 0.290. The number of aromatic nitrogens is 2. The molecule has 2 heterocycles. The van der Waals surface area contributed by atoms with E-state index in [1.165, 1.54) is 4.88 Å². The molecule has 2 aromatic rings. The third-order valence-electron chi connectivity index (χ3n) is 2.76. The Labute approximate surface area is 89.6 Å². The molecule has 76 valence electrons. The summed E-state index contributed by atoms with van der Waals surface area (Å²) in [6.45, 7) is 1.83. The monoisotopic (exact) mass is 220 g/mol. The minimum atomic E-state index is -0.904. The summed E-state index contributed by atoms with van der Waals surface area (Å²) in [4.78, 5) is 19.4. The first-order valence-corrected chi connectivity index (χ1v) is 5.44. The Bertz CT molecular complexity index is 568. The SMILES string of the molecule is Cc1c(C(=O)O)[nH]c2c1-c1ncsc1C2. The van der Waals surface area contributed by atoms with Gasteiger partial charge in [-0.05, 0) is 12.5 Å². The normalized spacial score (nSPS) is 12.6. The van der Waals surface area contributed by atoms with E-state index in [0.29, 0.717) is 5.69 Å². The van der Waals surface area contributed by atoms with Crippen molar-refractivity contribution in [3.63, 3.8) is 0 Å². The maximum atomic E-state index is 10.9. The molecule has 0 spiro atoms. The molecule has 0 unspecified atom stereocenters. The number of aromatic carboxylic acids is 1. The fraction of sp³-hybridized carbons (Fsp3) is 0.200. The number of carboxylic acid groups (broad SMARTS) is 1. The third kappa shape index (κ3) is 1.01. The molecule has 0 radical (unpaired) electrons. The van der Waals surface area contributed by atoms with E-state index in [1.807, 2.05) is 6.92 Å². The van der Waals surface area contributed by atoms with Crippen molar-refractivity contribution in [3.8, 4) is 11.3 Å². The third-order valence-corrected chi connectivity index (χ3v) is 3.59. The van der Waals surface area contributed by atoms with Gasteiger partial charge in [-0.25, -0.2) is 9.78 Å². The van der Waals surface area contributed by atoms with Gasteiger partial charge in [0.25, 0.3) is 0 Å². The maximum absolute atomic E-state index is 10.9. The molecule has 5 heteroatoms. The number of thiazole rings is 1. The molecule has 0 saturated heterocycles. The minimum Gasteiger partial charge on any atom is -0.477 e. The van der Waals surface area contributed by atoms with Gasteiger partial charge in [-0.2, -0.15) is 0 Å². The van der Waals surface area contributed by atoms with Gasteiger partial charge in [0.15, 0.2) is 0 Å². The molecule has 0 bridgehead atoms. The number of carboxylic acids is 1. The number of carbonyl (C=O) groups is 1. The summed E-state index contributed by atoms with van der Waals surface area (Å²) in [5.41, 5.74) is 5.82. The van der Waals surface area contributed by atoms with E-state index in [0.717, 1.165) is 28.9 Å². The zero-order valence-electron chi connectivity index (χ0n) is 8.00. The molecule has 0 atom stereocenters. The molecule has 1 aliphatic carbocycles.